The van der Waals surface area contributed by atoms with Gasteiger partial charge in [0.25, 0.3) is 5.91 Å². The van der Waals surface area contributed by atoms with E-state index in [1.165, 1.54) is 6.20 Å². The number of amides is 1. The second-order valence-electron chi connectivity index (χ2n) is 5.02. The number of nitrogens with one attached hydrogen (secondary N) is 1. The first-order valence-electron chi connectivity index (χ1n) is 7.46. The van der Waals surface area contributed by atoms with Crippen LogP contribution in [0, 0.1) is 17.2 Å². The molecular weight excluding hydrogens is 306 g/mol. The van der Waals surface area contributed by atoms with E-state index in [2.05, 4.69) is 10.3 Å². The van der Waals surface area contributed by atoms with E-state index < -0.39 is 17.6 Å². The minimum Gasteiger partial charge on any atom is -0.376 e. The quantitative estimate of drug-likeness (QED) is 0.594. The van der Waals surface area contributed by atoms with Crippen molar-refractivity contribution in [3.63, 3.8) is 0 Å². The van der Waals surface area contributed by atoms with Gasteiger partial charge in [-0.15, -0.1) is 0 Å². The molecule has 0 radical (unpaired) electrons. The van der Waals surface area contributed by atoms with Gasteiger partial charge in [0.05, 0.1) is 19.3 Å². The zero-order valence-corrected chi connectivity index (χ0v) is 13.0. The molecule has 1 aromatic carbocycles. The Labute approximate surface area is 140 Å². The predicted octanol–water partition coefficient (Wildman–Crippen LogP) is 2.34. The van der Waals surface area contributed by atoms with Gasteiger partial charge in [0.2, 0.25) is 0 Å². The van der Waals surface area contributed by atoms with Crippen LogP contribution in [-0.4, -0.2) is 23.3 Å². The summed E-state index contributed by atoms with van der Waals surface area (Å²) in [7, 11) is 0. The molecule has 1 aromatic heterocycles. The minimum absolute atomic E-state index is 0.000693. The van der Waals surface area contributed by atoms with Gasteiger partial charge in [-0.2, -0.15) is 5.26 Å². The molecule has 6 nitrogen and oxygen atoms in total. The van der Waals surface area contributed by atoms with Crippen LogP contribution in [0.5, 0.6) is 0 Å². The molecule has 1 N–H and O–H groups in total. The molecule has 0 aliphatic heterocycles. The van der Waals surface area contributed by atoms with Gasteiger partial charge in [-0.3, -0.25) is 9.59 Å². The third kappa shape index (κ3) is 5.30. The van der Waals surface area contributed by atoms with E-state index >= 15 is 0 Å². The highest BCUT2D eigenvalue weighted by molar-refractivity contribution is 6.09. The second kappa shape index (κ2) is 9.18. The lowest BCUT2D eigenvalue weighted by atomic mass is 10.0. The number of benzene rings is 1. The third-order valence-corrected chi connectivity index (χ3v) is 3.23. The van der Waals surface area contributed by atoms with E-state index in [1.54, 1.807) is 24.3 Å². The summed E-state index contributed by atoms with van der Waals surface area (Å²) in [5, 5.41) is 11.5. The Hall–Kier alpha value is -3.04. The summed E-state index contributed by atoms with van der Waals surface area (Å²) in [6, 6.07) is 16.3. The maximum atomic E-state index is 12.0. The predicted molar refractivity (Wildman–Crippen MR) is 87.7 cm³/mol. The highest BCUT2D eigenvalue weighted by Crippen LogP contribution is 2.08. The maximum absolute atomic E-state index is 12.0. The van der Waals surface area contributed by atoms with Crippen LogP contribution in [0.3, 0.4) is 0 Å². The van der Waals surface area contributed by atoms with Crippen molar-refractivity contribution in [2.45, 2.75) is 13.0 Å². The first-order chi connectivity index (χ1) is 11.7. The van der Waals surface area contributed by atoms with Crippen LogP contribution in [-0.2, 0) is 20.9 Å². The van der Waals surface area contributed by atoms with Gasteiger partial charge in [0, 0.05) is 12.6 Å². The molecule has 1 atom stereocenters. The van der Waals surface area contributed by atoms with Crippen molar-refractivity contribution in [3.8, 4) is 6.07 Å². The number of hydrogen-bond donors (Lipinski definition) is 1. The fourth-order valence-electron chi connectivity index (χ4n) is 1.99. The van der Waals surface area contributed by atoms with Crippen LogP contribution >= 0.6 is 0 Å². The van der Waals surface area contributed by atoms with E-state index in [9.17, 15) is 9.59 Å². The second-order valence-corrected chi connectivity index (χ2v) is 5.02. The van der Waals surface area contributed by atoms with E-state index in [1.807, 2.05) is 30.3 Å². The number of carbonyl (C=O) groups is 2. The maximum Gasteiger partial charge on any atom is 0.250 e. The fourth-order valence-corrected chi connectivity index (χ4v) is 1.99. The first kappa shape index (κ1) is 17.3. The average Bonchev–Trinajstić information content (AvgIpc) is 2.61. The van der Waals surface area contributed by atoms with Crippen molar-refractivity contribution in [2.24, 2.45) is 5.92 Å². The zero-order valence-electron chi connectivity index (χ0n) is 13.0. The summed E-state index contributed by atoms with van der Waals surface area (Å²) in [5.41, 5.74) is 0.995. The number of pyridine rings is 1. The van der Waals surface area contributed by atoms with Gasteiger partial charge in [0.1, 0.15) is 5.82 Å². The molecular formula is C18H17N3O3. The summed E-state index contributed by atoms with van der Waals surface area (Å²) in [4.78, 5) is 28.0. The number of aromatic nitrogens is 1. The Bertz CT molecular complexity index is 711. The standard InChI is InChI=1S/C18H17N3O3/c19-12-15(18(23)21-17-8-4-5-10-20-17)16(22)9-11-24-13-14-6-2-1-3-7-14/h1-8,10,15H,9,11,13H2,(H,20,21,23)/t15-/m1/s1. The molecule has 0 saturated heterocycles. The lowest BCUT2D eigenvalue weighted by molar-refractivity contribution is -0.129. The number of rotatable bonds is 8. The number of ether oxygens (including phenoxy) is 1. The molecule has 0 aliphatic carbocycles. The van der Waals surface area contributed by atoms with Crippen LogP contribution in [0.15, 0.2) is 54.7 Å². The van der Waals surface area contributed by atoms with Crippen molar-refractivity contribution in [2.75, 3.05) is 11.9 Å². The van der Waals surface area contributed by atoms with Crippen LogP contribution in [0.25, 0.3) is 0 Å². The van der Waals surface area contributed by atoms with Crippen molar-refractivity contribution >= 4 is 17.5 Å². The number of nitriles is 1. The van der Waals surface area contributed by atoms with E-state index in [4.69, 9.17) is 10.00 Å². The SMILES string of the molecule is N#C[C@H](C(=O)CCOCc1ccccc1)C(=O)Nc1ccccn1. The Morgan fingerprint density at radius 1 is 1.17 bits per heavy atom. The van der Waals surface area contributed by atoms with Gasteiger partial charge >= 0.3 is 0 Å². The summed E-state index contributed by atoms with van der Waals surface area (Å²) in [5.74, 6) is -2.22. The number of carbonyl (C=O) groups excluding carboxylic acids is 2. The van der Waals surface area contributed by atoms with E-state index in [-0.39, 0.29) is 13.0 Å². The molecule has 2 rings (SSSR count). The Morgan fingerprint density at radius 2 is 1.92 bits per heavy atom. The summed E-state index contributed by atoms with van der Waals surface area (Å²) in [6.07, 6.45) is 1.51. The molecule has 122 valence electrons. The fraction of sp³-hybridized carbons (Fsp3) is 0.222. The smallest absolute Gasteiger partial charge is 0.250 e. The molecule has 0 bridgehead atoms. The van der Waals surface area contributed by atoms with Crippen LogP contribution in [0.1, 0.15) is 12.0 Å². The molecule has 0 spiro atoms. The van der Waals surface area contributed by atoms with Crippen LogP contribution in [0.4, 0.5) is 5.82 Å². The molecule has 1 heterocycles. The average molecular weight is 323 g/mol. The van der Waals surface area contributed by atoms with Gasteiger partial charge in [0.15, 0.2) is 11.7 Å². The Kier molecular flexibility index (Phi) is 6.62. The third-order valence-electron chi connectivity index (χ3n) is 3.23. The largest absolute Gasteiger partial charge is 0.376 e. The normalized spacial score (nSPS) is 11.3. The minimum atomic E-state index is -1.37. The number of anilines is 1. The Balaban J connectivity index is 1.78. The molecule has 0 fully saturated rings. The molecule has 0 unspecified atom stereocenters. The van der Waals surface area contributed by atoms with Gasteiger partial charge in [-0.25, -0.2) is 4.98 Å². The van der Waals surface area contributed by atoms with E-state index in [0.29, 0.717) is 12.4 Å². The summed E-state index contributed by atoms with van der Waals surface area (Å²) < 4.78 is 5.41. The number of ketones is 1. The first-order valence-corrected chi connectivity index (χ1v) is 7.46. The number of hydrogen-bond acceptors (Lipinski definition) is 5. The lowest BCUT2D eigenvalue weighted by Gasteiger charge is -2.09. The zero-order chi connectivity index (χ0) is 17.2. The van der Waals surface area contributed by atoms with Gasteiger partial charge < -0.3 is 10.1 Å². The van der Waals surface area contributed by atoms with Crippen molar-refractivity contribution in [1.29, 1.82) is 5.26 Å². The lowest BCUT2D eigenvalue weighted by Crippen LogP contribution is -2.29. The summed E-state index contributed by atoms with van der Waals surface area (Å²) in [6.45, 7) is 0.536. The molecule has 0 saturated carbocycles. The highest BCUT2D eigenvalue weighted by Gasteiger charge is 2.26. The van der Waals surface area contributed by atoms with Crippen LogP contribution in [0.2, 0.25) is 0 Å². The molecule has 0 aliphatic rings. The number of nitrogens with zero attached hydrogens (tertiary/aromatic N) is 2. The summed E-state index contributed by atoms with van der Waals surface area (Å²) >= 11 is 0. The molecule has 2 aromatic rings. The van der Waals surface area contributed by atoms with Gasteiger partial charge in [-0.1, -0.05) is 36.4 Å². The highest BCUT2D eigenvalue weighted by atomic mass is 16.5. The molecule has 1 amide bonds. The monoisotopic (exact) mass is 323 g/mol. The van der Waals surface area contributed by atoms with Crippen LogP contribution < -0.4 is 5.32 Å². The van der Waals surface area contributed by atoms with Crippen molar-refractivity contribution in [3.05, 3.63) is 60.3 Å². The molecule has 6 heteroatoms. The van der Waals surface area contributed by atoms with Crippen molar-refractivity contribution < 1.29 is 14.3 Å². The van der Waals surface area contributed by atoms with Gasteiger partial charge in [-0.05, 0) is 17.7 Å². The van der Waals surface area contributed by atoms with E-state index in [0.717, 1.165) is 5.56 Å². The molecule has 24 heavy (non-hydrogen) atoms. The number of Topliss-reactive ketones (excluding diaryl/α,β-unsaturated/α-hetero) is 1. The van der Waals surface area contributed by atoms with Crippen molar-refractivity contribution in [1.82, 2.24) is 4.98 Å². The topological polar surface area (TPSA) is 92.1 Å². The Morgan fingerprint density at radius 3 is 2.58 bits per heavy atom.